The Kier molecular flexibility index (Phi) is 3.82. The molecular formula is C15H21N2O+. The highest BCUT2D eigenvalue weighted by molar-refractivity contribution is 6.08. The van der Waals surface area contributed by atoms with Crippen LogP contribution in [0.25, 0.3) is 10.9 Å². The topological polar surface area (TPSA) is 37.3 Å². The molecule has 0 fully saturated rings. The van der Waals surface area contributed by atoms with Crippen molar-refractivity contribution < 1.29 is 9.69 Å². The number of ketones is 1. The van der Waals surface area contributed by atoms with Crippen molar-refractivity contribution in [3.63, 3.8) is 0 Å². The molecule has 1 heterocycles. The summed E-state index contributed by atoms with van der Waals surface area (Å²) in [6.07, 6.45) is 1.84. The van der Waals surface area contributed by atoms with E-state index in [0.717, 1.165) is 29.6 Å². The fourth-order valence-electron chi connectivity index (χ4n) is 2.29. The van der Waals surface area contributed by atoms with Gasteiger partial charge in [0.2, 0.25) is 5.78 Å². The van der Waals surface area contributed by atoms with Crippen LogP contribution in [-0.4, -0.2) is 30.4 Å². The second kappa shape index (κ2) is 5.36. The average molecular weight is 245 g/mol. The SMILES string of the molecule is CC[NH+](CC)CC(=O)c1c[nH]c2cc(C)ccc12. The number of benzene rings is 1. The maximum absolute atomic E-state index is 12.3. The predicted molar refractivity (Wildman–Crippen MR) is 74.3 cm³/mol. The molecule has 2 N–H and O–H groups in total. The molecule has 0 aliphatic rings. The van der Waals surface area contributed by atoms with Crippen LogP contribution in [0.2, 0.25) is 0 Å². The van der Waals surface area contributed by atoms with E-state index in [2.05, 4.69) is 37.9 Å². The fraction of sp³-hybridized carbons (Fsp3) is 0.400. The molecule has 2 aromatic rings. The van der Waals surface area contributed by atoms with E-state index in [9.17, 15) is 4.79 Å². The molecule has 0 unspecified atom stereocenters. The lowest BCUT2D eigenvalue weighted by molar-refractivity contribution is -0.887. The van der Waals surface area contributed by atoms with Gasteiger partial charge in [-0.3, -0.25) is 4.79 Å². The Balaban J connectivity index is 2.28. The molecular weight excluding hydrogens is 224 g/mol. The zero-order valence-electron chi connectivity index (χ0n) is 11.3. The summed E-state index contributed by atoms with van der Waals surface area (Å²) < 4.78 is 0. The summed E-state index contributed by atoms with van der Waals surface area (Å²) in [5.41, 5.74) is 3.08. The summed E-state index contributed by atoms with van der Waals surface area (Å²) in [5, 5.41) is 1.04. The van der Waals surface area contributed by atoms with Gasteiger partial charge in [-0.2, -0.15) is 0 Å². The normalized spacial score (nSPS) is 11.3. The predicted octanol–water partition coefficient (Wildman–Crippen LogP) is 1.58. The third-order valence-electron chi connectivity index (χ3n) is 3.55. The van der Waals surface area contributed by atoms with Gasteiger partial charge in [0.05, 0.1) is 13.1 Å². The first kappa shape index (κ1) is 12.8. The molecule has 0 aliphatic heterocycles. The van der Waals surface area contributed by atoms with E-state index in [4.69, 9.17) is 0 Å². The van der Waals surface area contributed by atoms with Crippen LogP contribution >= 0.6 is 0 Å². The molecule has 0 spiro atoms. The van der Waals surface area contributed by atoms with Crippen molar-refractivity contribution in [3.8, 4) is 0 Å². The average Bonchev–Trinajstić information content (AvgIpc) is 2.78. The van der Waals surface area contributed by atoms with Crippen molar-refractivity contribution in [2.45, 2.75) is 20.8 Å². The number of carbonyl (C=O) groups excluding carboxylic acids is 1. The van der Waals surface area contributed by atoms with Crippen molar-refractivity contribution >= 4 is 16.7 Å². The first-order valence-corrected chi connectivity index (χ1v) is 6.60. The molecule has 18 heavy (non-hydrogen) atoms. The lowest BCUT2D eigenvalue weighted by Gasteiger charge is -2.13. The van der Waals surface area contributed by atoms with E-state index in [1.807, 2.05) is 12.3 Å². The molecule has 0 saturated carbocycles. The van der Waals surface area contributed by atoms with Gasteiger partial charge < -0.3 is 9.88 Å². The van der Waals surface area contributed by atoms with E-state index in [1.54, 1.807) is 0 Å². The first-order valence-electron chi connectivity index (χ1n) is 6.60. The van der Waals surface area contributed by atoms with Crippen molar-refractivity contribution in [2.24, 2.45) is 0 Å². The Bertz CT molecular complexity index is 553. The highest BCUT2D eigenvalue weighted by Crippen LogP contribution is 2.19. The summed E-state index contributed by atoms with van der Waals surface area (Å²) in [4.78, 5) is 16.8. The lowest BCUT2D eigenvalue weighted by atomic mass is 10.1. The Hall–Kier alpha value is -1.61. The van der Waals surface area contributed by atoms with Crippen LogP contribution in [0.4, 0.5) is 0 Å². The second-order valence-corrected chi connectivity index (χ2v) is 4.81. The number of carbonyl (C=O) groups is 1. The number of rotatable bonds is 5. The summed E-state index contributed by atoms with van der Waals surface area (Å²) in [7, 11) is 0. The zero-order valence-corrected chi connectivity index (χ0v) is 11.3. The van der Waals surface area contributed by atoms with E-state index < -0.39 is 0 Å². The monoisotopic (exact) mass is 245 g/mol. The van der Waals surface area contributed by atoms with Gasteiger partial charge in [0, 0.05) is 22.7 Å². The van der Waals surface area contributed by atoms with Crippen LogP contribution in [0.15, 0.2) is 24.4 Å². The molecule has 1 aromatic carbocycles. The van der Waals surface area contributed by atoms with Crippen LogP contribution in [0.1, 0.15) is 29.8 Å². The van der Waals surface area contributed by atoms with Gasteiger partial charge >= 0.3 is 0 Å². The highest BCUT2D eigenvalue weighted by atomic mass is 16.1. The molecule has 0 bridgehead atoms. The maximum Gasteiger partial charge on any atom is 0.219 e. The van der Waals surface area contributed by atoms with Gasteiger partial charge in [0.25, 0.3) is 0 Å². The van der Waals surface area contributed by atoms with Crippen molar-refractivity contribution in [1.82, 2.24) is 4.98 Å². The molecule has 0 saturated heterocycles. The number of H-pyrrole nitrogens is 1. The molecule has 96 valence electrons. The standard InChI is InChI=1S/C15H20N2O/c1-4-17(5-2)10-15(18)13-9-16-14-8-11(3)6-7-12(13)14/h6-9,16H,4-5,10H2,1-3H3/p+1. The summed E-state index contributed by atoms with van der Waals surface area (Å²) in [6, 6.07) is 6.17. The number of aryl methyl sites for hydroxylation is 1. The van der Waals surface area contributed by atoms with Gasteiger partial charge in [-0.25, -0.2) is 0 Å². The number of nitrogens with one attached hydrogen (secondary N) is 2. The minimum absolute atomic E-state index is 0.226. The third kappa shape index (κ3) is 2.46. The minimum atomic E-state index is 0.226. The molecule has 3 heteroatoms. The smallest absolute Gasteiger partial charge is 0.219 e. The Labute approximate surface area is 108 Å². The van der Waals surface area contributed by atoms with E-state index in [-0.39, 0.29) is 5.78 Å². The molecule has 2 rings (SSSR count). The van der Waals surface area contributed by atoms with Crippen LogP contribution < -0.4 is 4.90 Å². The number of Topliss-reactive ketones (excluding diaryl/α,β-unsaturated/α-hetero) is 1. The maximum atomic E-state index is 12.3. The quantitative estimate of drug-likeness (QED) is 0.771. The number of fused-ring (bicyclic) bond motifs is 1. The number of aromatic amines is 1. The Morgan fingerprint density at radius 1 is 1.28 bits per heavy atom. The van der Waals surface area contributed by atoms with Gasteiger partial charge in [0.1, 0.15) is 6.54 Å². The second-order valence-electron chi connectivity index (χ2n) is 4.81. The van der Waals surface area contributed by atoms with Gasteiger partial charge in [0.15, 0.2) is 0 Å². The van der Waals surface area contributed by atoms with Crippen LogP contribution in [-0.2, 0) is 0 Å². The van der Waals surface area contributed by atoms with E-state index >= 15 is 0 Å². The Morgan fingerprint density at radius 3 is 2.67 bits per heavy atom. The number of hydrogen-bond acceptors (Lipinski definition) is 1. The summed E-state index contributed by atoms with van der Waals surface area (Å²) in [5.74, 6) is 0.226. The molecule has 3 nitrogen and oxygen atoms in total. The zero-order chi connectivity index (χ0) is 13.1. The number of quaternary nitrogens is 1. The summed E-state index contributed by atoms with van der Waals surface area (Å²) >= 11 is 0. The van der Waals surface area contributed by atoms with Crippen LogP contribution in [0.3, 0.4) is 0 Å². The molecule has 0 amide bonds. The lowest BCUT2D eigenvalue weighted by Crippen LogP contribution is -3.12. The van der Waals surface area contributed by atoms with Crippen molar-refractivity contribution in [2.75, 3.05) is 19.6 Å². The third-order valence-corrected chi connectivity index (χ3v) is 3.55. The number of likely N-dealkylation sites (N-methyl/N-ethyl adjacent to an activating group) is 1. The summed E-state index contributed by atoms with van der Waals surface area (Å²) in [6.45, 7) is 8.85. The van der Waals surface area contributed by atoms with Crippen LogP contribution in [0.5, 0.6) is 0 Å². The van der Waals surface area contributed by atoms with Crippen LogP contribution in [0, 0.1) is 6.92 Å². The van der Waals surface area contributed by atoms with Gasteiger partial charge in [-0.1, -0.05) is 12.1 Å². The van der Waals surface area contributed by atoms with Gasteiger partial charge in [-0.05, 0) is 32.4 Å². The minimum Gasteiger partial charge on any atom is -0.360 e. The highest BCUT2D eigenvalue weighted by Gasteiger charge is 2.16. The van der Waals surface area contributed by atoms with Crippen molar-refractivity contribution in [3.05, 3.63) is 35.5 Å². The Morgan fingerprint density at radius 2 is 2.00 bits per heavy atom. The first-order chi connectivity index (χ1) is 8.65. The molecule has 0 atom stereocenters. The molecule has 1 aromatic heterocycles. The van der Waals surface area contributed by atoms with Gasteiger partial charge in [-0.15, -0.1) is 0 Å². The van der Waals surface area contributed by atoms with Crippen molar-refractivity contribution in [1.29, 1.82) is 0 Å². The van der Waals surface area contributed by atoms with E-state index in [0.29, 0.717) is 6.54 Å². The largest absolute Gasteiger partial charge is 0.360 e. The number of hydrogen-bond donors (Lipinski definition) is 2. The van der Waals surface area contributed by atoms with E-state index in [1.165, 1.54) is 10.5 Å². The molecule has 0 radical (unpaired) electrons. The fourth-order valence-corrected chi connectivity index (χ4v) is 2.29. The molecule has 0 aliphatic carbocycles. The number of aromatic nitrogens is 1.